The van der Waals surface area contributed by atoms with Gasteiger partial charge in [0, 0.05) is 0 Å². The lowest BCUT2D eigenvalue weighted by Crippen LogP contribution is -2.53. The van der Waals surface area contributed by atoms with Crippen molar-refractivity contribution in [2.75, 3.05) is 0 Å². The Balaban J connectivity index is 1.47. The summed E-state index contributed by atoms with van der Waals surface area (Å²) in [4.78, 5) is 0. The van der Waals surface area contributed by atoms with E-state index in [-0.39, 0.29) is 11.5 Å². The van der Waals surface area contributed by atoms with Gasteiger partial charge >= 0.3 is 0 Å². The molecule has 4 aliphatic carbocycles. The molecule has 4 rings (SSSR count). The largest absolute Gasteiger partial charge is 0.393 e. The number of hydrogen-bond acceptors (Lipinski definition) is 1. The molecule has 0 aromatic heterocycles. The monoisotopic (exact) mass is 468 g/mol. The van der Waals surface area contributed by atoms with Crippen molar-refractivity contribution in [2.24, 2.45) is 39.9 Å². The third kappa shape index (κ3) is 4.39. The van der Waals surface area contributed by atoms with Gasteiger partial charge in [0.15, 0.2) is 0 Å². The topological polar surface area (TPSA) is 20.2 Å². The second-order valence-electron chi connectivity index (χ2n) is 14.1. The Morgan fingerprint density at radius 1 is 0.912 bits per heavy atom. The summed E-state index contributed by atoms with van der Waals surface area (Å²) in [6.07, 6.45) is 21.1. The lowest BCUT2D eigenvalue weighted by Gasteiger charge is -2.59. The molecule has 1 nitrogen and oxygen atoms in total. The standard InChI is InChI=1S/C33H56O/c1-8-11-24(12-9-2)14-10-13-23(3)26-16-17-27-25-15-18-29-31(4,5)30(34)20-22-33(29,7)28(25)19-21-32(26,27)6/h17,23-24,26,29-30,34H,8-16,18-22H2,1-7H3/t23-,26-,29+,30+,32-,33-/m1/s1. The molecule has 0 aromatic rings. The maximum atomic E-state index is 10.8. The Bertz CT molecular complexity index is 780. The van der Waals surface area contributed by atoms with Gasteiger partial charge in [-0.3, -0.25) is 0 Å². The third-order valence-corrected chi connectivity index (χ3v) is 11.8. The van der Waals surface area contributed by atoms with Crippen molar-refractivity contribution in [1.29, 1.82) is 0 Å². The number of allylic oxidation sites excluding steroid dienone is 4. The molecule has 0 unspecified atom stereocenters. The normalized spacial score (nSPS) is 37.8. The average Bonchev–Trinajstić information content (AvgIpc) is 3.14. The van der Waals surface area contributed by atoms with Crippen LogP contribution in [-0.4, -0.2) is 11.2 Å². The highest BCUT2D eigenvalue weighted by atomic mass is 16.3. The summed E-state index contributed by atoms with van der Waals surface area (Å²) in [6.45, 7) is 17.2. The molecule has 0 radical (unpaired) electrons. The first-order valence-electron chi connectivity index (χ1n) is 15.2. The van der Waals surface area contributed by atoms with Crippen molar-refractivity contribution in [2.45, 2.75) is 144 Å². The van der Waals surface area contributed by atoms with Crippen LogP contribution >= 0.6 is 0 Å². The summed E-state index contributed by atoms with van der Waals surface area (Å²) < 4.78 is 0. The Morgan fingerprint density at radius 2 is 1.62 bits per heavy atom. The van der Waals surface area contributed by atoms with Gasteiger partial charge in [0.25, 0.3) is 0 Å². The molecular weight excluding hydrogens is 412 g/mol. The van der Waals surface area contributed by atoms with Crippen molar-refractivity contribution in [3.8, 4) is 0 Å². The van der Waals surface area contributed by atoms with Crippen molar-refractivity contribution < 1.29 is 5.11 Å². The van der Waals surface area contributed by atoms with E-state index in [1.54, 1.807) is 11.1 Å². The predicted octanol–water partition coefficient (Wildman–Crippen LogP) is 9.65. The van der Waals surface area contributed by atoms with E-state index < -0.39 is 0 Å². The summed E-state index contributed by atoms with van der Waals surface area (Å²) >= 11 is 0. The van der Waals surface area contributed by atoms with Crippen LogP contribution in [0.25, 0.3) is 0 Å². The van der Waals surface area contributed by atoms with Crippen LogP contribution in [0.3, 0.4) is 0 Å². The van der Waals surface area contributed by atoms with Crippen LogP contribution in [0, 0.1) is 39.9 Å². The van der Waals surface area contributed by atoms with Gasteiger partial charge in [0.2, 0.25) is 0 Å². The summed E-state index contributed by atoms with van der Waals surface area (Å²) in [5, 5.41) is 10.8. The number of aliphatic hydroxyl groups is 1. The molecule has 0 spiro atoms. The van der Waals surface area contributed by atoms with Gasteiger partial charge in [-0.2, -0.15) is 0 Å². The Kier molecular flexibility index (Phi) is 7.85. The molecule has 0 aliphatic heterocycles. The number of rotatable bonds is 9. The minimum Gasteiger partial charge on any atom is -0.393 e. The SMILES string of the molecule is CCCC(CCC)CCC[C@@H](C)[C@H]1CC=C2C3=C(CC[C@@]21C)[C@@]1(C)CC[C@H](O)C(C)(C)[C@@H]1CC3. The van der Waals surface area contributed by atoms with Gasteiger partial charge in [-0.1, -0.05) is 105 Å². The van der Waals surface area contributed by atoms with E-state index in [0.717, 1.165) is 24.2 Å². The first kappa shape index (κ1) is 26.5. The molecule has 6 atom stereocenters. The van der Waals surface area contributed by atoms with Gasteiger partial charge < -0.3 is 5.11 Å². The lowest BCUT2D eigenvalue weighted by molar-refractivity contribution is -0.0905. The quantitative estimate of drug-likeness (QED) is 0.357. The third-order valence-electron chi connectivity index (χ3n) is 11.8. The van der Waals surface area contributed by atoms with E-state index in [4.69, 9.17) is 0 Å². The van der Waals surface area contributed by atoms with E-state index in [1.165, 1.54) is 83.5 Å². The number of aliphatic hydroxyl groups excluding tert-OH is 1. The molecule has 4 aliphatic rings. The molecule has 0 aromatic carbocycles. The van der Waals surface area contributed by atoms with Gasteiger partial charge in [-0.15, -0.1) is 0 Å². The van der Waals surface area contributed by atoms with Crippen LogP contribution in [0.15, 0.2) is 22.8 Å². The zero-order chi connectivity index (χ0) is 24.7. The second kappa shape index (κ2) is 10.1. The van der Waals surface area contributed by atoms with Crippen LogP contribution in [0.2, 0.25) is 0 Å². The van der Waals surface area contributed by atoms with E-state index in [0.29, 0.717) is 16.7 Å². The summed E-state index contributed by atoms with van der Waals surface area (Å²) in [5.41, 5.74) is 6.10. The van der Waals surface area contributed by atoms with Gasteiger partial charge in [-0.25, -0.2) is 0 Å². The smallest absolute Gasteiger partial charge is 0.0594 e. The summed E-state index contributed by atoms with van der Waals surface area (Å²) in [7, 11) is 0. The zero-order valence-electron chi connectivity index (χ0n) is 23.8. The minimum absolute atomic E-state index is 0.0425. The van der Waals surface area contributed by atoms with Crippen molar-refractivity contribution >= 4 is 0 Å². The van der Waals surface area contributed by atoms with Crippen LogP contribution in [0.5, 0.6) is 0 Å². The van der Waals surface area contributed by atoms with E-state index in [1.807, 2.05) is 5.57 Å². The molecule has 1 heteroatoms. The van der Waals surface area contributed by atoms with Crippen LogP contribution in [0.1, 0.15) is 138 Å². The van der Waals surface area contributed by atoms with Crippen molar-refractivity contribution in [3.63, 3.8) is 0 Å². The van der Waals surface area contributed by atoms with Crippen molar-refractivity contribution in [1.82, 2.24) is 0 Å². The fourth-order valence-corrected chi connectivity index (χ4v) is 9.76. The molecule has 1 saturated carbocycles. The van der Waals surface area contributed by atoms with Gasteiger partial charge in [0.05, 0.1) is 6.10 Å². The Labute approximate surface area is 212 Å². The average molecular weight is 469 g/mol. The molecule has 0 heterocycles. The van der Waals surface area contributed by atoms with Crippen LogP contribution in [-0.2, 0) is 0 Å². The van der Waals surface area contributed by atoms with E-state index >= 15 is 0 Å². The highest BCUT2D eigenvalue weighted by Gasteiger charge is 2.57. The second-order valence-corrected chi connectivity index (χ2v) is 14.1. The first-order chi connectivity index (χ1) is 16.1. The fraction of sp³-hybridized carbons (Fsp3) is 0.879. The van der Waals surface area contributed by atoms with Crippen molar-refractivity contribution in [3.05, 3.63) is 22.8 Å². The Morgan fingerprint density at radius 3 is 2.29 bits per heavy atom. The summed E-state index contributed by atoms with van der Waals surface area (Å²) in [6, 6.07) is 0. The number of hydrogen-bond donors (Lipinski definition) is 1. The zero-order valence-corrected chi connectivity index (χ0v) is 23.8. The molecule has 1 N–H and O–H groups in total. The van der Waals surface area contributed by atoms with E-state index in [9.17, 15) is 5.11 Å². The maximum Gasteiger partial charge on any atom is 0.0594 e. The predicted molar refractivity (Wildman–Crippen MR) is 147 cm³/mol. The molecule has 0 saturated heterocycles. The van der Waals surface area contributed by atoms with Gasteiger partial charge in [0.1, 0.15) is 0 Å². The first-order valence-corrected chi connectivity index (χ1v) is 15.2. The molecule has 1 fully saturated rings. The summed E-state index contributed by atoms with van der Waals surface area (Å²) in [5.74, 6) is 3.26. The fourth-order valence-electron chi connectivity index (χ4n) is 9.76. The molecule has 34 heavy (non-hydrogen) atoms. The highest BCUT2D eigenvalue weighted by Crippen LogP contribution is 2.66. The molecular formula is C33H56O. The maximum absolute atomic E-state index is 10.8. The molecule has 0 bridgehead atoms. The van der Waals surface area contributed by atoms with E-state index in [2.05, 4.69) is 54.5 Å². The molecule has 194 valence electrons. The minimum atomic E-state index is -0.133. The van der Waals surface area contributed by atoms with Crippen LogP contribution in [0.4, 0.5) is 0 Å². The van der Waals surface area contributed by atoms with Gasteiger partial charge in [-0.05, 0) is 96.0 Å². The lowest BCUT2D eigenvalue weighted by atomic mass is 9.46. The highest BCUT2D eigenvalue weighted by molar-refractivity contribution is 5.49. The number of fused-ring (bicyclic) bond motifs is 4. The molecule has 0 amide bonds. The Hall–Kier alpha value is -0.560. The van der Waals surface area contributed by atoms with Crippen LogP contribution < -0.4 is 0 Å².